The van der Waals surface area contributed by atoms with E-state index in [0.29, 0.717) is 6.04 Å². The highest BCUT2D eigenvalue weighted by Crippen LogP contribution is 2.23. The molecule has 1 fully saturated rings. The lowest BCUT2D eigenvalue weighted by molar-refractivity contribution is 0.679. The van der Waals surface area contributed by atoms with Crippen molar-refractivity contribution < 1.29 is 0 Å². The third-order valence-electron chi connectivity index (χ3n) is 3.25. The Morgan fingerprint density at radius 3 is 3.19 bits per heavy atom. The third-order valence-corrected chi connectivity index (χ3v) is 3.25. The standard InChI is InChI=1S/C11H15N5/c1-16(8-2-4-12-6-8)11-9-3-5-13-10(9)14-7-15-11/h3,5,7-8,12H,2,4,6H2,1H3,(H,13,14,15)/t8-/m0/s1. The van der Waals surface area contributed by atoms with Gasteiger partial charge in [0.1, 0.15) is 17.8 Å². The Bertz CT molecular complexity index is 486. The Morgan fingerprint density at radius 1 is 1.44 bits per heavy atom. The molecule has 0 bridgehead atoms. The van der Waals surface area contributed by atoms with Gasteiger partial charge in [0, 0.05) is 25.8 Å². The second-order valence-electron chi connectivity index (χ2n) is 4.19. The summed E-state index contributed by atoms with van der Waals surface area (Å²) in [6.07, 6.45) is 4.70. The molecule has 0 aliphatic carbocycles. The maximum absolute atomic E-state index is 4.39. The van der Waals surface area contributed by atoms with Crippen molar-refractivity contribution in [1.29, 1.82) is 0 Å². The Labute approximate surface area is 93.9 Å². The maximum Gasteiger partial charge on any atom is 0.142 e. The molecule has 0 unspecified atom stereocenters. The van der Waals surface area contributed by atoms with Gasteiger partial charge in [0.05, 0.1) is 5.39 Å². The first-order valence-electron chi connectivity index (χ1n) is 5.58. The number of anilines is 1. The van der Waals surface area contributed by atoms with E-state index < -0.39 is 0 Å². The predicted octanol–water partition coefficient (Wildman–Crippen LogP) is 0.756. The molecule has 1 aliphatic rings. The largest absolute Gasteiger partial charge is 0.355 e. The van der Waals surface area contributed by atoms with Crippen LogP contribution in [0.15, 0.2) is 18.6 Å². The van der Waals surface area contributed by atoms with Crippen molar-refractivity contribution in [3.05, 3.63) is 18.6 Å². The number of aromatic nitrogens is 3. The van der Waals surface area contributed by atoms with E-state index in [1.807, 2.05) is 12.3 Å². The summed E-state index contributed by atoms with van der Waals surface area (Å²) in [5.41, 5.74) is 0.905. The number of likely N-dealkylation sites (N-methyl/N-ethyl adjacent to an activating group) is 1. The molecule has 1 saturated heterocycles. The van der Waals surface area contributed by atoms with Crippen LogP contribution in [-0.4, -0.2) is 41.1 Å². The molecule has 5 nitrogen and oxygen atoms in total. The maximum atomic E-state index is 4.39. The average Bonchev–Trinajstić information content (AvgIpc) is 2.98. The number of nitrogens with one attached hydrogen (secondary N) is 2. The molecule has 16 heavy (non-hydrogen) atoms. The minimum atomic E-state index is 0.535. The van der Waals surface area contributed by atoms with Crippen molar-refractivity contribution in [1.82, 2.24) is 20.3 Å². The fourth-order valence-electron chi connectivity index (χ4n) is 2.28. The lowest BCUT2D eigenvalue weighted by Gasteiger charge is -2.25. The second kappa shape index (κ2) is 3.75. The predicted molar refractivity (Wildman–Crippen MR) is 63.6 cm³/mol. The Balaban J connectivity index is 2.00. The van der Waals surface area contributed by atoms with Gasteiger partial charge in [-0.25, -0.2) is 9.97 Å². The third kappa shape index (κ3) is 1.44. The van der Waals surface area contributed by atoms with Crippen LogP contribution >= 0.6 is 0 Å². The topological polar surface area (TPSA) is 56.8 Å². The minimum Gasteiger partial charge on any atom is -0.355 e. The monoisotopic (exact) mass is 217 g/mol. The molecule has 0 aromatic carbocycles. The number of aromatic amines is 1. The van der Waals surface area contributed by atoms with Crippen molar-refractivity contribution in [3.63, 3.8) is 0 Å². The second-order valence-corrected chi connectivity index (χ2v) is 4.19. The van der Waals surface area contributed by atoms with Gasteiger partial charge < -0.3 is 15.2 Å². The lowest BCUT2D eigenvalue weighted by atomic mass is 10.2. The Hall–Kier alpha value is -1.62. The summed E-state index contributed by atoms with van der Waals surface area (Å²) in [7, 11) is 2.10. The van der Waals surface area contributed by atoms with Crippen LogP contribution in [0.25, 0.3) is 11.0 Å². The van der Waals surface area contributed by atoms with Gasteiger partial charge in [0.25, 0.3) is 0 Å². The number of nitrogens with zero attached hydrogens (tertiary/aromatic N) is 3. The zero-order valence-electron chi connectivity index (χ0n) is 9.27. The molecule has 0 radical (unpaired) electrons. The highest BCUT2D eigenvalue weighted by Gasteiger charge is 2.21. The molecule has 3 heterocycles. The summed E-state index contributed by atoms with van der Waals surface area (Å²) in [5.74, 6) is 1.01. The first kappa shape index (κ1) is 9.59. The highest BCUT2D eigenvalue weighted by atomic mass is 15.2. The van der Waals surface area contributed by atoms with Crippen LogP contribution in [0.5, 0.6) is 0 Å². The number of hydrogen-bond donors (Lipinski definition) is 2. The average molecular weight is 217 g/mol. The molecule has 5 heteroatoms. The summed E-state index contributed by atoms with van der Waals surface area (Å²) in [6, 6.07) is 2.57. The van der Waals surface area contributed by atoms with Crippen molar-refractivity contribution in [2.45, 2.75) is 12.5 Å². The SMILES string of the molecule is CN(c1ncnc2[nH]ccc12)[C@H]1CCNC1. The molecular formula is C11H15N5. The Kier molecular flexibility index (Phi) is 2.25. The van der Waals surface area contributed by atoms with Gasteiger partial charge in [0.2, 0.25) is 0 Å². The van der Waals surface area contributed by atoms with Crippen molar-refractivity contribution in [2.75, 3.05) is 25.0 Å². The van der Waals surface area contributed by atoms with Gasteiger partial charge in [-0.1, -0.05) is 0 Å². The summed E-state index contributed by atoms with van der Waals surface area (Å²) in [4.78, 5) is 14.0. The molecule has 0 saturated carbocycles. The van der Waals surface area contributed by atoms with E-state index in [1.54, 1.807) is 6.33 Å². The van der Waals surface area contributed by atoms with Crippen molar-refractivity contribution in [2.24, 2.45) is 0 Å². The zero-order valence-corrected chi connectivity index (χ0v) is 9.27. The molecule has 84 valence electrons. The van der Waals surface area contributed by atoms with Gasteiger partial charge in [-0.2, -0.15) is 0 Å². The normalized spacial score (nSPS) is 20.4. The van der Waals surface area contributed by atoms with E-state index in [0.717, 1.165) is 29.9 Å². The molecular weight excluding hydrogens is 202 g/mol. The van der Waals surface area contributed by atoms with E-state index in [9.17, 15) is 0 Å². The number of hydrogen-bond acceptors (Lipinski definition) is 4. The van der Waals surface area contributed by atoms with E-state index in [4.69, 9.17) is 0 Å². The van der Waals surface area contributed by atoms with Crippen LogP contribution in [0.1, 0.15) is 6.42 Å². The number of H-pyrrole nitrogens is 1. The van der Waals surface area contributed by atoms with Crippen LogP contribution < -0.4 is 10.2 Å². The Morgan fingerprint density at radius 2 is 2.38 bits per heavy atom. The number of fused-ring (bicyclic) bond motifs is 1. The van der Waals surface area contributed by atoms with E-state index >= 15 is 0 Å². The smallest absolute Gasteiger partial charge is 0.142 e. The van der Waals surface area contributed by atoms with Crippen LogP contribution in [0.4, 0.5) is 5.82 Å². The van der Waals surface area contributed by atoms with E-state index in [1.165, 1.54) is 6.42 Å². The van der Waals surface area contributed by atoms with E-state index in [-0.39, 0.29) is 0 Å². The van der Waals surface area contributed by atoms with Crippen LogP contribution in [0.3, 0.4) is 0 Å². The van der Waals surface area contributed by atoms with Gasteiger partial charge in [-0.05, 0) is 19.0 Å². The molecule has 3 rings (SSSR count). The summed E-state index contributed by atoms with van der Waals surface area (Å²) >= 11 is 0. The first-order valence-corrected chi connectivity index (χ1v) is 5.58. The fourth-order valence-corrected chi connectivity index (χ4v) is 2.28. The minimum absolute atomic E-state index is 0.535. The van der Waals surface area contributed by atoms with Crippen LogP contribution in [-0.2, 0) is 0 Å². The summed E-state index contributed by atoms with van der Waals surface area (Å²) in [6.45, 7) is 2.13. The lowest BCUT2D eigenvalue weighted by Crippen LogP contribution is -2.34. The molecule has 2 aromatic rings. The highest BCUT2D eigenvalue weighted by molar-refractivity contribution is 5.87. The van der Waals surface area contributed by atoms with Gasteiger partial charge in [-0.3, -0.25) is 0 Å². The summed E-state index contributed by atoms with van der Waals surface area (Å²) < 4.78 is 0. The van der Waals surface area contributed by atoms with Crippen LogP contribution in [0.2, 0.25) is 0 Å². The molecule has 2 aromatic heterocycles. The molecule has 1 atom stereocenters. The van der Waals surface area contributed by atoms with E-state index in [2.05, 4.69) is 32.2 Å². The van der Waals surface area contributed by atoms with Crippen molar-refractivity contribution >= 4 is 16.9 Å². The fraction of sp³-hybridized carbons (Fsp3) is 0.455. The molecule has 1 aliphatic heterocycles. The van der Waals surface area contributed by atoms with Gasteiger partial charge in [-0.15, -0.1) is 0 Å². The summed E-state index contributed by atoms with van der Waals surface area (Å²) in [5, 5.41) is 4.47. The quantitative estimate of drug-likeness (QED) is 0.779. The number of rotatable bonds is 2. The van der Waals surface area contributed by atoms with Crippen LogP contribution in [0, 0.1) is 0 Å². The molecule has 0 amide bonds. The molecule has 2 N–H and O–H groups in total. The van der Waals surface area contributed by atoms with Crippen molar-refractivity contribution in [3.8, 4) is 0 Å². The van der Waals surface area contributed by atoms with Gasteiger partial charge in [0.15, 0.2) is 0 Å². The van der Waals surface area contributed by atoms with Gasteiger partial charge >= 0.3 is 0 Å². The zero-order chi connectivity index (χ0) is 11.0. The molecule has 0 spiro atoms. The first-order chi connectivity index (χ1) is 7.86.